The maximum Gasteiger partial charge on any atom is 0.390 e. The van der Waals surface area contributed by atoms with Crippen molar-refractivity contribution >= 4 is 41.5 Å². The van der Waals surface area contributed by atoms with Crippen LogP contribution in [0.5, 0.6) is 0 Å². The van der Waals surface area contributed by atoms with Gasteiger partial charge < -0.3 is 15.5 Å². The molecule has 27 heavy (non-hydrogen) atoms. The zero-order valence-corrected chi connectivity index (χ0v) is 17.6. The first kappa shape index (κ1) is 23.5. The van der Waals surface area contributed by atoms with E-state index >= 15 is 0 Å². The Kier molecular flexibility index (Phi) is 9.89. The van der Waals surface area contributed by atoms with Gasteiger partial charge in [-0.2, -0.15) is 13.2 Å². The Labute approximate surface area is 174 Å². The van der Waals surface area contributed by atoms with Crippen LogP contribution in [0.1, 0.15) is 38.2 Å². The number of hydrogen-bond acceptors (Lipinski definition) is 2. The summed E-state index contributed by atoms with van der Waals surface area (Å²) < 4.78 is 36.7. The maximum atomic E-state index is 12.2. The van der Waals surface area contributed by atoms with Gasteiger partial charge in [-0.15, -0.1) is 24.0 Å². The summed E-state index contributed by atoms with van der Waals surface area (Å²) in [6.07, 6.45) is -2.56. The molecule has 0 atom stereocenters. The number of halogens is 4. The molecule has 1 heterocycles. The van der Waals surface area contributed by atoms with Gasteiger partial charge in [-0.25, -0.2) is 4.99 Å². The topological polar surface area (TPSA) is 56.7 Å². The van der Waals surface area contributed by atoms with Crippen molar-refractivity contribution < 1.29 is 18.0 Å². The predicted molar refractivity (Wildman–Crippen MR) is 112 cm³/mol. The van der Waals surface area contributed by atoms with Gasteiger partial charge in [0.1, 0.15) is 0 Å². The number of guanidine groups is 1. The summed E-state index contributed by atoms with van der Waals surface area (Å²) in [5.74, 6) is 0.498. The van der Waals surface area contributed by atoms with Crippen molar-refractivity contribution in [2.24, 2.45) is 4.99 Å². The fraction of sp³-hybridized carbons (Fsp3) is 0.556. The standard InChI is InChI=1S/C18H25F3N4O.HI/c1-2-22-17(23-11-10-18(19,20)21)24-13-14-6-8-15(9-7-14)25-12-4-3-5-16(25)26;/h6-9H,2-5,10-13H2,1H3,(H2,22,23,24);1H. The lowest BCUT2D eigenvalue weighted by molar-refractivity contribution is -0.132. The lowest BCUT2D eigenvalue weighted by atomic mass is 10.1. The minimum absolute atomic E-state index is 0. The molecule has 1 aliphatic rings. The van der Waals surface area contributed by atoms with E-state index in [9.17, 15) is 18.0 Å². The Morgan fingerprint density at radius 3 is 2.48 bits per heavy atom. The first-order chi connectivity index (χ1) is 12.4. The van der Waals surface area contributed by atoms with Gasteiger partial charge in [-0.3, -0.25) is 4.79 Å². The zero-order valence-electron chi connectivity index (χ0n) is 15.3. The van der Waals surface area contributed by atoms with Gasteiger partial charge >= 0.3 is 6.18 Å². The smallest absolute Gasteiger partial charge is 0.357 e. The molecule has 1 fully saturated rings. The third kappa shape index (κ3) is 8.35. The van der Waals surface area contributed by atoms with Crippen LogP contribution in [0.15, 0.2) is 29.3 Å². The van der Waals surface area contributed by atoms with Crippen LogP contribution < -0.4 is 15.5 Å². The minimum Gasteiger partial charge on any atom is -0.357 e. The molecule has 152 valence electrons. The molecule has 1 aliphatic heterocycles. The molecule has 1 aromatic carbocycles. The molecule has 0 aliphatic carbocycles. The molecule has 0 spiro atoms. The van der Waals surface area contributed by atoms with Crippen LogP contribution in [-0.4, -0.2) is 37.7 Å². The number of anilines is 1. The summed E-state index contributed by atoms with van der Waals surface area (Å²) >= 11 is 0. The second kappa shape index (κ2) is 11.4. The average Bonchev–Trinajstić information content (AvgIpc) is 2.60. The van der Waals surface area contributed by atoms with Crippen LogP contribution in [0.3, 0.4) is 0 Å². The van der Waals surface area contributed by atoms with Gasteiger partial charge in [0.15, 0.2) is 5.96 Å². The number of amides is 1. The van der Waals surface area contributed by atoms with E-state index in [0.29, 0.717) is 25.5 Å². The Morgan fingerprint density at radius 1 is 1.19 bits per heavy atom. The molecule has 0 saturated carbocycles. The van der Waals surface area contributed by atoms with Crippen molar-refractivity contribution in [2.75, 3.05) is 24.5 Å². The van der Waals surface area contributed by atoms with Crippen LogP contribution in [-0.2, 0) is 11.3 Å². The first-order valence-corrected chi connectivity index (χ1v) is 8.87. The van der Waals surface area contributed by atoms with Gasteiger partial charge in [-0.1, -0.05) is 12.1 Å². The molecular formula is C18H26F3IN4O. The summed E-state index contributed by atoms with van der Waals surface area (Å²) in [7, 11) is 0. The highest BCUT2D eigenvalue weighted by Gasteiger charge is 2.26. The highest BCUT2D eigenvalue weighted by Crippen LogP contribution is 2.21. The number of nitrogens with zero attached hydrogens (tertiary/aromatic N) is 2. The molecule has 2 N–H and O–H groups in total. The fourth-order valence-electron chi connectivity index (χ4n) is 2.69. The number of hydrogen-bond donors (Lipinski definition) is 2. The molecule has 1 saturated heterocycles. The number of aliphatic imine (C=N–C) groups is 1. The molecular weight excluding hydrogens is 472 g/mol. The lowest BCUT2D eigenvalue weighted by Crippen LogP contribution is -2.38. The zero-order chi connectivity index (χ0) is 19.0. The van der Waals surface area contributed by atoms with Gasteiger partial charge in [0, 0.05) is 31.7 Å². The van der Waals surface area contributed by atoms with E-state index in [1.165, 1.54) is 0 Å². The van der Waals surface area contributed by atoms with Crippen molar-refractivity contribution in [3.05, 3.63) is 29.8 Å². The molecule has 0 radical (unpaired) electrons. The highest BCUT2D eigenvalue weighted by molar-refractivity contribution is 14.0. The number of carbonyl (C=O) groups excluding carboxylic acids is 1. The first-order valence-electron chi connectivity index (χ1n) is 8.87. The summed E-state index contributed by atoms with van der Waals surface area (Å²) in [6, 6.07) is 7.55. The highest BCUT2D eigenvalue weighted by atomic mass is 127. The van der Waals surface area contributed by atoms with Crippen LogP contribution in [0.4, 0.5) is 18.9 Å². The second-order valence-electron chi connectivity index (χ2n) is 6.16. The summed E-state index contributed by atoms with van der Waals surface area (Å²) in [5, 5.41) is 5.61. The molecule has 0 bridgehead atoms. The molecule has 0 unspecified atom stereocenters. The fourth-order valence-corrected chi connectivity index (χ4v) is 2.69. The van der Waals surface area contributed by atoms with Gasteiger partial charge in [0.05, 0.1) is 13.0 Å². The predicted octanol–water partition coefficient (Wildman–Crippen LogP) is 3.83. The molecule has 1 aromatic rings. The van der Waals surface area contributed by atoms with E-state index in [2.05, 4.69) is 15.6 Å². The van der Waals surface area contributed by atoms with E-state index in [-0.39, 0.29) is 36.4 Å². The van der Waals surface area contributed by atoms with Gasteiger partial charge in [-0.05, 0) is 37.5 Å². The molecule has 5 nitrogen and oxygen atoms in total. The van der Waals surface area contributed by atoms with E-state index in [0.717, 1.165) is 30.6 Å². The Balaban J connectivity index is 0.00000364. The van der Waals surface area contributed by atoms with Crippen LogP contribution >= 0.6 is 24.0 Å². The largest absolute Gasteiger partial charge is 0.390 e. The van der Waals surface area contributed by atoms with E-state index < -0.39 is 12.6 Å². The normalized spacial score (nSPS) is 15.3. The van der Waals surface area contributed by atoms with Crippen LogP contribution in [0.25, 0.3) is 0 Å². The summed E-state index contributed by atoms with van der Waals surface area (Å²) in [6.45, 7) is 3.28. The van der Waals surface area contributed by atoms with E-state index in [1.54, 1.807) is 4.90 Å². The minimum atomic E-state index is -4.19. The average molecular weight is 498 g/mol. The van der Waals surface area contributed by atoms with E-state index in [1.807, 2.05) is 31.2 Å². The molecule has 0 aromatic heterocycles. The number of piperidine rings is 1. The Morgan fingerprint density at radius 2 is 1.89 bits per heavy atom. The molecule has 1 amide bonds. The number of nitrogens with one attached hydrogen (secondary N) is 2. The van der Waals surface area contributed by atoms with E-state index in [4.69, 9.17) is 0 Å². The number of rotatable bonds is 6. The van der Waals surface area contributed by atoms with Gasteiger partial charge in [0.25, 0.3) is 0 Å². The van der Waals surface area contributed by atoms with Gasteiger partial charge in [0.2, 0.25) is 5.91 Å². The number of carbonyl (C=O) groups is 1. The Bertz CT molecular complexity index is 620. The molecule has 9 heteroatoms. The van der Waals surface area contributed by atoms with Crippen molar-refractivity contribution in [1.82, 2.24) is 10.6 Å². The summed E-state index contributed by atoms with van der Waals surface area (Å²) in [4.78, 5) is 18.0. The summed E-state index contributed by atoms with van der Waals surface area (Å²) in [5.41, 5.74) is 1.80. The third-order valence-corrected chi connectivity index (χ3v) is 4.04. The Hall–Kier alpha value is -1.52. The van der Waals surface area contributed by atoms with Crippen molar-refractivity contribution in [3.8, 4) is 0 Å². The van der Waals surface area contributed by atoms with Crippen LogP contribution in [0, 0.1) is 0 Å². The SMILES string of the molecule is CCNC(=NCc1ccc(N2CCCCC2=O)cc1)NCCC(F)(F)F.I. The second-order valence-corrected chi connectivity index (χ2v) is 6.16. The lowest BCUT2D eigenvalue weighted by Gasteiger charge is -2.26. The van der Waals surface area contributed by atoms with Crippen molar-refractivity contribution in [1.29, 1.82) is 0 Å². The monoisotopic (exact) mass is 498 g/mol. The van der Waals surface area contributed by atoms with Crippen molar-refractivity contribution in [3.63, 3.8) is 0 Å². The molecule has 2 rings (SSSR count). The number of alkyl halides is 3. The number of benzene rings is 1. The quantitative estimate of drug-likeness (QED) is 0.356. The third-order valence-electron chi connectivity index (χ3n) is 4.04. The van der Waals surface area contributed by atoms with Crippen LogP contribution in [0.2, 0.25) is 0 Å². The maximum absolute atomic E-state index is 12.2. The van der Waals surface area contributed by atoms with Crippen molar-refractivity contribution in [2.45, 2.75) is 45.3 Å².